The average Bonchev–Trinajstić information content (AvgIpc) is 3.46. The van der Waals surface area contributed by atoms with E-state index in [4.69, 9.17) is 15.2 Å². The van der Waals surface area contributed by atoms with Crippen LogP contribution >= 0.6 is 0 Å². The van der Waals surface area contributed by atoms with Gasteiger partial charge in [-0.25, -0.2) is 4.79 Å². The van der Waals surface area contributed by atoms with Crippen molar-refractivity contribution in [2.75, 3.05) is 13.2 Å². The number of benzene rings is 4. The number of carbonyl (C=O) groups excluding carboxylic acids is 5. The fourth-order valence-corrected chi connectivity index (χ4v) is 10.1. The number of aliphatic carboxylic acids is 1. The van der Waals surface area contributed by atoms with Gasteiger partial charge in [0.2, 0.25) is 23.6 Å². The third-order valence-electron chi connectivity index (χ3n) is 14.5. The van der Waals surface area contributed by atoms with Gasteiger partial charge in [0.25, 0.3) is 5.91 Å². The molecular weight excluding hydrogens is 1000 g/mol. The van der Waals surface area contributed by atoms with E-state index < -0.39 is 96.4 Å². The number of unbranched alkanes of at least 4 members (excludes halogenated alkanes) is 6. The molecule has 2 aliphatic heterocycles. The fourth-order valence-electron chi connectivity index (χ4n) is 10.1. The zero-order valence-corrected chi connectivity index (χ0v) is 44.9. The molecule has 422 valence electrons. The zero-order valence-electron chi connectivity index (χ0n) is 44.9. The molecule has 0 unspecified atom stereocenters. The van der Waals surface area contributed by atoms with E-state index in [1.165, 1.54) is 4.90 Å². The number of aliphatic hydroxyl groups is 3. The number of aryl methyl sites for hydroxylation is 2. The number of aromatic hydroxyl groups is 1. The molecule has 2 aliphatic rings. The van der Waals surface area contributed by atoms with Crippen molar-refractivity contribution in [1.82, 2.24) is 26.2 Å². The summed E-state index contributed by atoms with van der Waals surface area (Å²) in [6, 6.07) is 22.2. The summed E-state index contributed by atoms with van der Waals surface area (Å²) in [7, 11) is 0. The molecule has 19 nitrogen and oxygen atoms in total. The molecule has 0 aromatic heterocycles. The van der Waals surface area contributed by atoms with Crippen LogP contribution in [0.2, 0.25) is 0 Å². The highest BCUT2D eigenvalue weighted by Crippen LogP contribution is 2.28. The summed E-state index contributed by atoms with van der Waals surface area (Å²) in [5.41, 5.74) is 12.0. The summed E-state index contributed by atoms with van der Waals surface area (Å²) in [6.07, 6.45) is -1.40. The maximum Gasteiger partial charge on any atom is 0.326 e. The average molecular weight is 1080 g/mol. The van der Waals surface area contributed by atoms with Crippen LogP contribution in [0.25, 0.3) is 0 Å². The number of amides is 5. The van der Waals surface area contributed by atoms with E-state index in [0.29, 0.717) is 17.5 Å². The first kappa shape index (κ1) is 60.5. The number of nitrogens with zero attached hydrogens (tertiary/aromatic N) is 1. The smallest absolute Gasteiger partial charge is 0.326 e. The summed E-state index contributed by atoms with van der Waals surface area (Å²) in [6.45, 7) is 6.08. The number of carboxylic acids is 1. The first-order valence-corrected chi connectivity index (χ1v) is 27.2. The molecule has 1 fully saturated rings. The molecule has 5 amide bonds. The van der Waals surface area contributed by atoms with Gasteiger partial charge < -0.3 is 66.9 Å². The number of nitrogens with two attached hydrogens (primary N) is 1. The van der Waals surface area contributed by atoms with Crippen LogP contribution in [0.4, 0.5) is 0 Å². The Hall–Kier alpha value is -6.74. The molecule has 0 aliphatic carbocycles. The minimum atomic E-state index is -1.74. The Labute approximate surface area is 456 Å². The molecule has 19 heteroatoms. The van der Waals surface area contributed by atoms with Crippen molar-refractivity contribution in [3.05, 3.63) is 136 Å². The molecule has 6 rings (SSSR count). The van der Waals surface area contributed by atoms with Crippen LogP contribution in [-0.4, -0.2) is 140 Å². The molecule has 11 N–H and O–H groups in total. The normalized spacial score (nSPS) is 20.5. The minimum absolute atomic E-state index is 0.00939. The number of carbonyl (C=O) groups is 6. The predicted octanol–water partition coefficient (Wildman–Crippen LogP) is 3.33. The second-order valence-corrected chi connectivity index (χ2v) is 20.5. The number of rotatable bonds is 28. The standard InChI is InChI=1S/C59H78N6O13/c1-4-5-6-7-8-19-28-77-59-51(69)49(67)50(68)52(78-59)56(73)61-27-18-17-26-45(58(75)76)62-53(70)46(31-38-20-11-9-12-21-38)63-54(71)47(32-39-22-13-10-14-23-39)64-55(72)48-33-40-24-15-16-25-41(40)35-65(48)57(74)44(60)34-43-36(2)29-42(66)30-37(43)3/h9-16,20-25,29-30,44-52,59,66-69H,4-8,17-19,26-28,31-35,60H2,1-3H3,(H,61,73)(H,62,70)(H,63,71)(H,64,72)(H,75,76)/t44-,45-,46-,47-,48-,49-,50-,51+,52-,59+/m0/s1. The molecule has 1 saturated heterocycles. The number of ether oxygens (including phenoxy) is 2. The first-order valence-electron chi connectivity index (χ1n) is 27.2. The van der Waals surface area contributed by atoms with Gasteiger partial charge in [-0.1, -0.05) is 124 Å². The van der Waals surface area contributed by atoms with Gasteiger partial charge in [-0.05, 0) is 97.0 Å². The van der Waals surface area contributed by atoms with Crippen LogP contribution in [0.1, 0.15) is 104 Å². The van der Waals surface area contributed by atoms with Crippen molar-refractivity contribution >= 4 is 35.5 Å². The number of phenolic OH excluding ortho intramolecular Hbond substituents is 1. The highest BCUT2D eigenvalue weighted by molar-refractivity contribution is 5.96. The van der Waals surface area contributed by atoms with E-state index in [-0.39, 0.29) is 70.4 Å². The maximum atomic E-state index is 14.7. The number of hydrogen-bond acceptors (Lipinski definition) is 13. The number of fused-ring (bicyclic) bond motifs is 1. The lowest BCUT2D eigenvalue weighted by Gasteiger charge is -2.39. The van der Waals surface area contributed by atoms with Crippen molar-refractivity contribution in [2.45, 2.75) is 172 Å². The van der Waals surface area contributed by atoms with Crippen molar-refractivity contribution in [3.8, 4) is 5.75 Å². The second kappa shape index (κ2) is 29.8. The third kappa shape index (κ3) is 17.1. The van der Waals surface area contributed by atoms with Crippen LogP contribution in [0.15, 0.2) is 97.1 Å². The number of hydrogen-bond donors (Lipinski definition) is 10. The SMILES string of the molecule is CCCCCCCCO[C@@H]1O[C@H](C(=O)NCCCC[C@H](NC(=O)[C@H](Cc2ccccc2)NC(=O)[C@H](Cc2ccccc2)NC(=O)[C@@H]2Cc3ccccc3CN2C(=O)[C@@H](N)Cc2c(C)cc(O)cc2C)C(=O)O)[C@@H](O)[C@H](O)[C@H]1O. The van der Waals surface area contributed by atoms with Gasteiger partial charge in [-0.3, -0.25) is 24.0 Å². The number of nitrogens with one attached hydrogen (secondary N) is 4. The lowest BCUT2D eigenvalue weighted by atomic mass is 9.91. The highest BCUT2D eigenvalue weighted by atomic mass is 16.7. The summed E-state index contributed by atoms with van der Waals surface area (Å²) in [5, 5.41) is 62.9. The fraction of sp³-hybridized carbons (Fsp3) is 0.492. The Bertz CT molecular complexity index is 2600. The van der Waals surface area contributed by atoms with Gasteiger partial charge in [0.1, 0.15) is 48.2 Å². The number of aliphatic hydroxyl groups excluding tert-OH is 3. The van der Waals surface area contributed by atoms with E-state index in [9.17, 15) is 54.3 Å². The quantitative estimate of drug-likeness (QED) is 0.0365. The summed E-state index contributed by atoms with van der Waals surface area (Å²) < 4.78 is 11.2. The third-order valence-corrected chi connectivity index (χ3v) is 14.5. The topological polar surface area (TPSA) is 299 Å². The number of carboxylic acid groups (broad SMARTS) is 1. The Morgan fingerprint density at radius 3 is 1.86 bits per heavy atom. The molecule has 0 saturated carbocycles. The van der Waals surface area contributed by atoms with Crippen LogP contribution in [0, 0.1) is 13.8 Å². The van der Waals surface area contributed by atoms with Crippen molar-refractivity contribution < 1.29 is 63.8 Å². The second-order valence-electron chi connectivity index (χ2n) is 20.5. The van der Waals surface area contributed by atoms with E-state index in [2.05, 4.69) is 28.2 Å². The summed E-state index contributed by atoms with van der Waals surface area (Å²) in [4.78, 5) is 85.2. The largest absolute Gasteiger partial charge is 0.508 e. The van der Waals surface area contributed by atoms with Gasteiger partial charge in [0.05, 0.1) is 6.04 Å². The van der Waals surface area contributed by atoms with Gasteiger partial charge in [-0.2, -0.15) is 0 Å². The molecule has 0 radical (unpaired) electrons. The summed E-state index contributed by atoms with van der Waals surface area (Å²) >= 11 is 0. The molecule has 10 atom stereocenters. The van der Waals surface area contributed by atoms with Gasteiger partial charge in [-0.15, -0.1) is 0 Å². The van der Waals surface area contributed by atoms with Gasteiger partial charge in [0, 0.05) is 39.0 Å². The van der Waals surface area contributed by atoms with Crippen molar-refractivity contribution in [2.24, 2.45) is 5.73 Å². The molecule has 0 bridgehead atoms. The van der Waals surface area contributed by atoms with E-state index >= 15 is 0 Å². The predicted molar refractivity (Wildman–Crippen MR) is 290 cm³/mol. The number of phenols is 1. The van der Waals surface area contributed by atoms with Gasteiger partial charge in [0.15, 0.2) is 12.4 Å². The van der Waals surface area contributed by atoms with E-state index in [1.54, 1.807) is 72.8 Å². The Kier molecular flexibility index (Phi) is 23.1. The molecule has 2 heterocycles. The van der Waals surface area contributed by atoms with Crippen LogP contribution in [-0.2, 0) is 70.5 Å². The zero-order chi connectivity index (χ0) is 56.3. The Morgan fingerprint density at radius 1 is 0.679 bits per heavy atom. The first-order chi connectivity index (χ1) is 37.4. The van der Waals surface area contributed by atoms with Crippen LogP contribution in [0.5, 0.6) is 5.75 Å². The van der Waals surface area contributed by atoms with Gasteiger partial charge >= 0.3 is 5.97 Å². The summed E-state index contributed by atoms with van der Waals surface area (Å²) in [5.74, 6) is -4.66. The molecular formula is C59H78N6O13. The highest BCUT2D eigenvalue weighted by Gasteiger charge is 2.47. The minimum Gasteiger partial charge on any atom is -0.508 e. The molecule has 0 spiro atoms. The van der Waals surface area contributed by atoms with Crippen molar-refractivity contribution in [3.63, 3.8) is 0 Å². The maximum absolute atomic E-state index is 14.7. The van der Waals surface area contributed by atoms with E-state index in [0.717, 1.165) is 59.9 Å². The monoisotopic (exact) mass is 1080 g/mol. The van der Waals surface area contributed by atoms with Crippen LogP contribution in [0.3, 0.4) is 0 Å². The molecule has 4 aromatic rings. The van der Waals surface area contributed by atoms with Crippen molar-refractivity contribution in [1.29, 1.82) is 0 Å². The Morgan fingerprint density at radius 2 is 1.24 bits per heavy atom. The molecule has 4 aromatic carbocycles. The Balaban J connectivity index is 1.11. The molecule has 78 heavy (non-hydrogen) atoms. The lowest BCUT2D eigenvalue weighted by molar-refractivity contribution is -0.290. The van der Waals surface area contributed by atoms with E-state index in [1.807, 2.05) is 38.1 Å². The van der Waals surface area contributed by atoms with Crippen LogP contribution < -0.4 is 27.0 Å². The lowest BCUT2D eigenvalue weighted by Crippen LogP contribution is -2.62.